The SMILES string of the molecule is CN1C=CN(c2[c-]cccc2)[CH-]1.[Ir+3].c1ccc2c(c1)ccc1cnc3c4cccnc4c4[n-]cnc4c3c12. The summed E-state index contributed by atoms with van der Waals surface area (Å²) in [6.45, 7) is 2.01. The van der Waals surface area contributed by atoms with Crippen LogP contribution in [-0.4, -0.2) is 26.9 Å². The van der Waals surface area contributed by atoms with Crippen molar-refractivity contribution >= 4 is 60.1 Å². The Balaban J connectivity index is 0.000000172. The quantitative estimate of drug-likeness (QED) is 0.149. The Morgan fingerprint density at radius 3 is 2.45 bits per heavy atom. The Bertz CT molecular complexity index is 1950. The monoisotopic (exact) mass is 670 g/mol. The zero-order valence-corrected chi connectivity index (χ0v) is 22.8. The van der Waals surface area contributed by atoms with Crippen molar-refractivity contribution in [2.45, 2.75) is 0 Å². The van der Waals surface area contributed by atoms with Crippen LogP contribution in [0.5, 0.6) is 0 Å². The van der Waals surface area contributed by atoms with Gasteiger partial charge in [0.05, 0.1) is 11.0 Å². The van der Waals surface area contributed by atoms with E-state index in [1.165, 1.54) is 16.2 Å². The summed E-state index contributed by atoms with van der Waals surface area (Å²) in [5, 5.41) is 6.78. The first-order valence-electron chi connectivity index (χ1n) is 12.0. The summed E-state index contributed by atoms with van der Waals surface area (Å²) in [4.78, 5) is 22.4. The first kappa shape index (κ1) is 24.0. The third-order valence-electron chi connectivity index (χ3n) is 6.64. The second-order valence-corrected chi connectivity index (χ2v) is 8.94. The van der Waals surface area contributed by atoms with Gasteiger partial charge in [-0.05, 0) is 53.4 Å². The molecule has 38 heavy (non-hydrogen) atoms. The largest absolute Gasteiger partial charge is 3.00 e. The minimum absolute atomic E-state index is 0. The number of hydrogen-bond acceptors (Lipinski definition) is 5. The van der Waals surface area contributed by atoms with Crippen LogP contribution in [0.4, 0.5) is 5.69 Å². The van der Waals surface area contributed by atoms with Crippen LogP contribution in [0.3, 0.4) is 0 Å². The molecule has 0 bridgehead atoms. The van der Waals surface area contributed by atoms with Gasteiger partial charge in [0.1, 0.15) is 0 Å². The number of aromatic nitrogens is 4. The van der Waals surface area contributed by atoms with Gasteiger partial charge in [-0.2, -0.15) is 37.0 Å². The van der Waals surface area contributed by atoms with Gasteiger partial charge in [0.15, 0.2) is 0 Å². The Labute approximate surface area is 233 Å². The van der Waals surface area contributed by atoms with Gasteiger partial charge in [0, 0.05) is 33.9 Å². The Hall–Kier alpha value is -4.32. The number of rotatable bonds is 1. The maximum atomic E-state index is 4.77. The molecule has 0 radical (unpaired) electrons. The average molecular weight is 670 g/mol. The van der Waals surface area contributed by atoms with E-state index in [-0.39, 0.29) is 20.1 Å². The molecule has 7 heteroatoms. The van der Waals surface area contributed by atoms with Crippen LogP contribution in [0.2, 0.25) is 0 Å². The molecule has 184 valence electrons. The fourth-order valence-electron chi connectivity index (χ4n) is 4.97. The van der Waals surface area contributed by atoms with Gasteiger partial charge < -0.3 is 19.8 Å². The summed E-state index contributed by atoms with van der Waals surface area (Å²) < 4.78 is 0. The molecule has 3 aromatic heterocycles. The smallest absolute Gasteiger partial charge is 0.510 e. The van der Waals surface area contributed by atoms with Crippen LogP contribution in [-0.2, 0) is 20.1 Å². The average Bonchev–Trinajstić information content (AvgIpc) is 3.63. The van der Waals surface area contributed by atoms with Gasteiger partial charge in [-0.25, -0.2) is 0 Å². The number of para-hydroxylation sites is 1. The van der Waals surface area contributed by atoms with Gasteiger partial charge in [-0.15, -0.1) is 5.69 Å². The predicted octanol–water partition coefficient (Wildman–Crippen LogP) is 6.42. The van der Waals surface area contributed by atoms with E-state index >= 15 is 0 Å². The number of fused-ring (bicyclic) bond motifs is 10. The molecule has 4 heterocycles. The van der Waals surface area contributed by atoms with Crippen molar-refractivity contribution in [2.24, 2.45) is 0 Å². The van der Waals surface area contributed by atoms with Crippen LogP contribution in [0, 0.1) is 12.7 Å². The second-order valence-electron chi connectivity index (χ2n) is 8.94. The van der Waals surface area contributed by atoms with Crippen molar-refractivity contribution in [3.05, 3.63) is 117 Å². The molecule has 1 aliphatic rings. The Morgan fingerprint density at radius 1 is 0.763 bits per heavy atom. The summed E-state index contributed by atoms with van der Waals surface area (Å²) in [5.41, 5.74) is 4.56. The van der Waals surface area contributed by atoms with E-state index in [0.717, 1.165) is 43.9 Å². The summed E-state index contributed by atoms with van der Waals surface area (Å²) in [6.07, 6.45) is 9.35. The van der Waals surface area contributed by atoms with Crippen molar-refractivity contribution in [1.82, 2.24) is 24.8 Å². The normalized spacial score (nSPS) is 12.9. The van der Waals surface area contributed by atoms with Crippen LogP contribution in [0.1, 0.15) is 0 Å². The van der Waals surface area contributed by atoms with E-state index < -0.39 is 0 Å². The molecule has 0 atom stereocenters. The third kappa shape index (κ3) is 3.97. The van der Waals surface area contributed by atoms with Gasteiger partial charge in [-0.1, -0.05) is 42.7 Å². The molecule has 0 saturated heterocycles. The molecule has 0 N–H and O–H groups in total. The number of nitrogens with zero attached hydrogens (tertiary/aromatic N) is 6. The van der Waals surface area contributed by atoms with Crippen molar-refractivity contribution in [2.75, 3.05) is 11.9 Å². The molecule has 8 rings (SSSR count). The van der Waals surface area contributed by atoms with Crippen LogP contribution in [0.25, 0.3) is 54.4 Å². The molecule has 0 amide bonds. The minimum Gasteiger partial charge on any atom is -0.510 e. The molecule has 6 nitrogen and oxygen atoms in total. The number of pyridine rings is 2. The van der Waals surface area contributed by atoms with Gasteiger partial charge in [-0.3, -0.25) is 9.97 Å². The van der Waals surface area contributed by atoms with E-state index in [9.17, 15) is 0 Å². The number of imidazole rings is 1. The minimum atomic E-state index is 0. The van der Waals surface area contributed by atoms with Crippen molar-refractivity contribution < 1.29 is 20.1 Å². The molecule has 7 aromatic rings. The molecule has 4 aromatic carbocycles. The van der Waals surface area contributed by atoms with E-state index in [2.05, 4.69) is 63.5 Å². The molecule has 0 fully saturated rings. The van der Waals surface area contributed by atoms with E-state index in [0.29, 0.717) is 0 Å². The fourth-order valence-corrected chi connectivity index (χ4v) is 4.97. The molecule has 0 aliphatic carbocycles. The molecule has 1 aliphatic heterocycles. The molecule has 0 spiro atoms. The van der Waals surface area contributed by atoms with E-state index in [1.54, 1.807) is 12.5 Å². The number of benzene rings is 4. The van der Waals surface area contributed by atoms with Crippen LogP contribution >= 0.6 is 0 Å². The first-order valence-corrected chi connectivity index (χ1v) is 12.0. The molecular formula is C31H21IrN6. The topological polar surface area (TPSA) is 59.3 Å². The summed E-state index contributed by atoms with van der Waals surface area (Å²) >= 11 is 0. The van der Waals surface area contributed by atoms with Gasteiger partial charge in [0.2, 0.25) is 0 Å². The Morgan fingerprint density at radius 2 is 1.61 bits per heavy atom. The zero-order chi connectivity index (χ0) is 24.8. The second kappa shape index (κ2) is 9.86. The summed E-state index contributed by atoms with van der Waals surface area (Å²) in [6, 6.07) is 27.8. The van der Waals surface area contributed by atoms with Crippen LogP contribution < -0.4 is 9.88 Å². The summed E-state index contributed by atoms with van der Waals surface area (Å²) in [5.74, 6) is 0. The molecule has 0 saturated carbocycles. The first-order chi connectivity index (χ1) is 18.3. The number of hydrogen-bond donors (Lipinski definition) is 0. The van der Waals surface area contributed by atoms with Crippen molar-refractivity contribution in [1.29, 1.82) is 0 Å². The fraction of sp³-hybridized carbons (Fsp3) is 0.0323. The van der Waals surface area contributed by atoms with E-state index in [1.807, 2.05) is 72.4 Å². The number of anilines is 1. The van der Waals surface area contributed by atoms with Crippen LogP contribution in [0.15, 0.2) is 104 Å². The van der Waals surface area contributed by atoms with E-state index in [4.69, 9.17) is 4.98 Å². The molecule has 0 unspecified atom stereocenters. The summed E-state index contributed by atoms with van der Waals surface area (Å²) in [7, 11) is 2.00. The Kier molecular flexibility index (Phi) is 6.24. The maximum absolute atomic E-state index is 4.77. The standard InChI is InChI=1S/C21H11N4.C10H10N2.Ir/c1-2-5-14-12(4-1)7-8-13-10-23-18-15-6-3-9-22-19(15)21-20(24-11-25-21)17(18)16(13)14;1-11-7-8-12(9-11)10-5-3-2-4-6-10;/h1-11H;2-5,7-9H,1H3;/q-1;-2;+3. The maximum Gasteiger partial charge on any atom is 3.00 e. The van der Waals surface area contributed by atoms with Gasteiger partial charge >= 0.3 is 20.1 Å². The van der Waals surface area contributed by atoms with Gasteiger partial charge in [0.25, 0.3) is 0 Å². The van der Waals surface area contributed by atoms with Crippen molar-refractivity contribution in [3.8, 4) is 0 Å². The predicted molar refractivity (Wildman–Crippen MR) is 150 cm³/mol. The molecular weight excluding hydrogens is 649 g/mol. The zero-order valence-electron chi connectivity index (χ0n) is 20.4. The van der Waals surface area contributed by atoms with Crippen molar-refractivity contribution in [3.63, 3.8) is 0 Å². The third-order valence-corrected chi connectivity index (χ3v) is 6.64.